The van der Waals surface area contributed by atoms with E-state index >= 15 is 0 Å². The molecule has 0 amide bonds. The van der Waals surface area contributed by atoms with Gasteiger partial charge in [0.05, 0.1) is 5.69 Å². The minimum atomic E-state index is -0.857. The Hall–Kier alpha value is -2.09. The van der Waals surface area contributed by atoms with Crippen molar-refractivity contribution in [3.8, 4) is 0 Å². The fourth-order valence-corrected chi connectivity index (χ4v) is 3.88. The number of aliphatic imine (C=N–C) groups is 1. The minimum absolute atomic E-state index is 0.00940. The number of hydrogen-bond donors (Lipinski definition) is 1. The van der Waals surface area contributed by atoms with Gasteiger partial charge in [-0.1, -0.05) is 36.4 Å². The third-order valence-corrected chi connectivity index (χ3v) is 4.73. The Labute approximate surface area is 121 Å². The normalized spacial score (nSPS) is 40.8. The van der Waals surface area contributed by atoms with Crippen molar-refractivity contribution in [2.24, 2.45) is 10.9 Å². The summed E-state index contributed by atoms with van der Waals surface area (Å²) < 4.78 is 17.8. The van der Waals surface area contributed by atoms with Crippen LogP contribution in [0.3, 0.4) is 0 Å². The Kier molecular flexibility index (Phi) is 1.67. The highest BCUT2D eigenvalue weighted by atomic mass is 15.0. The fraction of sp³-hybridized carbons (Fsp3) is 0.278. The third kappa shape index (κ3) is 1.26. The summed E-state index contributed by atoms with van der Waals surface area (Å²) in [6, 6.07) is 16.1. The maximum Gasteiger partial charge on any atom is 0.0661 e. The predicted molar refractivity (Wildman–Crippen MR) is 82.0 cm³/mol. The smallest absolute Gasteiger partial charge is 0.0661 e. The standard InChI is InChI=1S/C18H16N2/c1-4-8-16-11(5-1)13-9-17(20-16)14-10-19-15-7-3-2-6-12(15)18(13)14/h1-8,10,13-14,17-18,20H,9H2/t13-,14+,17-,18+/m0/s1/i9D,14D/t9?,13-,14+,17-,18+. The molecule has 2 aromatic carbocycles. The zero-order chi connectivity index (χ0) is 14.9. The van der Waals surface area contributed by atoms with E-state index in [0.29, 0.717) is 0 Å². The van der Waals surface area contributed by atoms with Crippen LogP contribution in [0.15, 0.2) is 53.5 Å². The van der Waals surface area contributed by atoms with Gasteiger partial charge in [-0.25, -0.2) is 0 Å². The first-order chi connectivity index (χ1) is 10.7. The monoisotopic (exact) mass is 262 g/mol. The molecule has 2 nitrogen and oxygen atoms in total. The zero-order valence-electron chi connectivity index (χ0n) is 13.0. The second-order valence-corrected chi connectivity index (χ2v) is 5.72. The van der Waals surface area contributed by atoms with Crippen LogP contribution in [0.25, 0.3) is 0 Å². The van der Waals surface area contributed by atoms with Gasteiger partial charge in [0.15, 0.2) is 0 Å². The van der Waals surface area contributed by atoms with Gasteiger partial charge in [-0.3, -0.25) is 4.99 Å². The fourth-order valence-electron chi connectivity index (χ4n) is 3.88. The number of hydrogen-bond acceptors (Lipinski definition) is 2. The molecule has 2 aromatic rings. The molecule has 2 heteroatoms. The van der Waals surface area contributed by atoms with Crippen molar-refractivity contribution in [1.82, 2.24) is 0 Å². The topological polar surface area (TPSA) is 24.4 Å². The Bertz CT molecular complexity index is 803. The highest BCUT2D eigenvalue weighted by Gasteiger charge is 2.49. The molecular weight excluding hydrogens is 244 g/mol. The van der Waals surface area contributed by atoms with Crippen LogP contribution in [0.2, 0.25) is 0 Å². The van der Waals surface area contributed by atoms with E-state index in [1.807, 2.05) is 30.3 Å². The van der Waals surface area contributed by atoms with E-state index in [0.717, 1.165) is 16.9 Å². The average molecular weight is 262 g/mol. The van der Waals surface area contributed by atoms with E-state index in [1.165, 1.54) is 5.56 Å². The molecule has 20 heavy (non-hydrogen) atoms. The molecule has 1 fully saturated rings. The molecule has 98 valence electrons. The highest BCUT2D eigenvalue weighted by molar-refractivity contribution is 5.77. The van der Waals surface area contributed by atoms with E-state index in [2.05, 4.69) is 28.5 Å². The van der Waals surface area contributed by atoms with E-state index < -0.39 is 5.89 Å². The molecule has 0 spiro atoms. The molecule has 1 unspecified atom stereocenters. The summed E-state index contributed by atoms with van der Waals surface area (Å²) in [6.07, 6.45) is 1.44. The molecule has 0 radical (unpaired) electrons. The second kappa shape index (κ2) is 3.72. The lowest BCUT2D eigenvalue weighted by Crippen LogP contribution is -2.28. The first kappa shape index (κ1) is 8.96. The maximum atomic E-state index is 9.07. The van der Waals surface area contributed by atoms with Gasteiger partial charge >= 0.3 is 0 Å². The largest absolute Gasteiger partial charge is 0.381 e. The van der Waals surface area contributed by atoms with Crippen LogP contribution in [0.5, 0.6) is 0 Å². The van der Waals surface area contributed by atoms with Crippen LogP contribution in [0, 0.1) is 5.89 Å². The van der Waals surface area contributed by atoms with Gasteiger partial charge in [-0.15, -0.1) is 0 Å². The van der Waals surface area contributed by atoms with Crippen LogP contribution in [0.4, 0.5) is 11.4 Å². The van der Waals surface area contributed by atoms with Crippen molar-refractivity contribution in [2.75, 3.05) is 5.32 Å². The molecule has 0 saturated heterocycles. The Morgan fingerprint density at radius 3 is 2.85 bits per heavy atom. The molecular formula is C18H16N2. The Balaban J connectivity index is 1.79. The molecule has 1 N–H and O–H groups in total. The number of fused-ring (bicyclic) bond motifs is 9. The van der Waals surface area contributed by atoms with Crippen molar-refractivity contribution >= 4 is 17.6 Å². The SMILES string of the molecule is [2H]C1[C@H]2c3ccccc3N[C@@H]1[C@@]1([2H])C=Nc3ccccc3[C@H]21. The van der Waals surface area contributed by atoms with Gasteiger partial charge in [0.2, 0.25) is 0 Å². The van der Waals surface area contributed by atoms with Crippen molar-refractivity contribution in [3.05, 3.63) is 59.7 Å². The van der Waals surface area contributed by atoms with E-state index in [1.54, 1.807) is 6.21 Å². The van der Waals surface area contributed by atoms with Gasteiger partial charge < -0.3 is 5.32 Å². The number of nitrogens with zero attached hydrogens (tertiary/aromatic N) is 1. The van der Waals surface area contributed by atoms with Gasteiger partial charge in [0.25, 0.3) is 0 Å². The predicted octanol–water partition coefficient (Wildman–Crippen LogP) is 4.08. The summed E-state index contributed by atoms with van der Waals surface area (Å²) in [5, 5.41) is 3.44. The molecule has 2 aliphatic heterocycles. The molecule has 1 aliphatic carbocycles. The van der Waals surface area contributed by atoms with Crippen molar-refractivity contribution in [3.63, 3.8) is 0 Å². The molecule has 0 aromatic heterocycles. The quantitative estimate of drug-likeness (QED) is 0.760. The van der Waals surface area contributed by atoms with Crippen molar-refractivity contribution in [1.29, 1.82) is 0 Å². The van der Waals surface area contributed by atoms with Gasteiger partial charge in [0.1, 0.15) is 0 Å². The maximum absolute atomic E-state index is 9.07. The minimum Gasteiger partial charge on any atom is -0.381 e. The molecule has 1 saturated carbocycles. The van der Waals surface area contributed by atoms with Crippen LogP contribution >= 0.6 is 0 Å². The lowest BCUT2D eigenvalue weighted by atomic mass is 9.78. The van der Waals surface area contributed by atoms with Crippen LogP contribution in [-0.4, -0.2) is 12.3 Å². The lowest BCUT2D eigenvalue weighted by molar-refractivity contribution is 0.572. The Morgan fingerprint density at radius 1 is 1.10 bits per heavy atom. The molecule has 3 aliphatic rings. The summed E-state index contributed by atoms with van der Waals surface area (Å²) in [5.41, 5.74) is 4.31. The number of anilines is 1. The number of para-hydroxylation sites is 2. The van der Waals surface area contributed by atoms with Crippen LogP contribution in [0.1, 0.15) is 32.1 Å². The zero-order valence-corrected chi connectivity index (χ0v) is 11.0. The number of rotatable bonds is 0. The summed E-state index contributed by atoms with van der Waals surface area (Å²) >= 11 is 0. The number of benzene rings is 2. The molecule has 5 rings (SSSR count). The first-order valence-corrected chi connectivity index (χ1v) is 7.12. The lowest BCUT2D eigenvalue weighted by Gasteiger charge is -2.27. The number of nitrogens with one attached hydrogen (secondary N) is 1. The van der Waals surface area contributed by atoms with E-state index in [-0.39, 0.29) is 24.3 Å². The van der Waals surface area contributed by atoms with Crippen molar-refractivity contribution < 1.29 is 2.74 Å². The van der Waals surface area contributed by atoms with Crippen molar-refractivity contribution in [2.45, 2.75) is 24.3 Å². The summed E-state index contributed by atoms with van der Waals surface area (Å²) in [4.78, 5) is 4.53. The van der Waals surface area contributed by atoms with Crippen LogP contribution < -0.4 is 5.32 Å². The summed E-state index contributed by atoms with van der Waals surface area (Å²) in [5.74, 6) is -0.817. The second-order valence-electron chi connectivity index (χ2n) is 5.72. The molecule has 2 heterocycles. The average Bonchev–Trinajstić information content (AvgIpc) is 2.70. The highest BCUT2D eigenvalue weighted by Crippen LogP contribution is 2.57. The summed E-state index contributed by atoms with van der Waals surface area (Å²) in [7, 11) is 0. The van der Waals surface area contributed by atoms with Crippen LogP contribution in [-0.2, 0) is 0 Å². The molecule has 5 atom stereocenters. The van der Waals surface area contributed by atoms with E-state index in [9.17, 15) is 0 Å². The molecule has 2 bridgehead atoms. The van der Waals surface area contributed by atoms with E-state index in [4.69, 9.17) is 2.74 Å². The van der Waals surface area contributed by atoms with Gasteiger partial charge in [-0.05, 0) is 35.6 Å². The summed E-state index contributed by atoms with van der Waals surface area (Å²) in [6.45, 7) is 0. The Morgan fingerprint density at radius 2 is 1.90 bits per heavy atom. The van der Waals surface area contributed by atoms with Gasteiger partial charge in [-0.2, -0.15) is 0 Å². The first-order valence-electron chi connectivity index (χ1n) is 8.20. The third-order valence-electron chi connectivity index (χ3n) is 4.73. The van der Waals surface area contributed by atoms with Gasteiger partial charge in [0, 0.05) is 32.5 Å².